The molecule has 3 rings (SSSR count). The summed E-state index contributed by atoms with van der Waals surface area (Å²) in [4.78, 5) is 10.4. The molecular formula is C12H6ClN3O4. The summed E-state index contributed by atoms with van der Waals surface area (Å²) in [7, 11) is 0. The lowest BCUT2D eigenvalue weighted by Gasteiger charge is -2.06. The summed E-state index contributed by atoms with van der Waals surface area (Å²) in [5.41, 5.74) is 0.859. The molecule has 7 nitrogen and oxygen atoms in total. The Morgan fingerprint density at radius 3 is 2.75 bits per heavy atom. The van der Waals surface area contributed by atoms with Gasteiger partial charge in [0.15, 0.2) is 0 Å². The minimum Gasteiger partial charge on any atom is -0.450 e. The number of aromatic nitrogens is 2. The van der Waals surface area contributed by atoms with Crippen LogP contribution in [0.1, 0.15) is 0 Å². The third kappa shape index (κ3) is 2.26. The highest BCUT2D eigenvalue weighted by Gasteiger charge is 2.16. The van der Waals surface area contributed by atoms with E-state index in [-0.39, 0.29) is 16.5 Å². The number of ether oxygens (including phenoxy) is 1. The molecular weight excluding hydrogens is 286 g/mol. The average Bonchev–Trinajstić information content (AvgIpc) is 2.88. The summed E-state index contributed by atoms with van der Waals surface area (Å²) in [6.07, 6.45) is 0. The number of hydrogen-bond acceptors (Lipinski definition) is 6. The molecule has 0 saturated heterocycles. The summed E-state index contributed by atoms with van der Waals surface area (Å²) in [5.74, 6) is 0.480. The van der Waals surface area contributed by atoms with Crippen molar-refractivity contribution in [3.05, 3.63) is 51.5 Å². The molecule has 0 radical (unpaired) electrons. The Kier molecular flexibility index (Phi) is 2.96. The first-order valence-corrected chi connectivity index (χ1v) is 5.85. The SMILES string of the molecule is O=[N+]([O-])c1cc(Cl)ccc1Oc1ccc2nonc2c1. The number of rotatable bonds is 3. The summed E-state index contributed by atoms with van der Waals surface area (Å²) in [6.45, 7) is 0. The van der Waals surface area contributed by atoms with Crippen LogP contribution in [-0.4, -0.2) is 15.2 Å². The second-order valence-corrected chi connectivity index (χ2v) is 4.32. The van der Waals surface area contributed by atoms with Crippen LogP contribution in [0.5, 0.6) is 11.5 Å². The number of hydrogen-bond donors (Lipinski definition) is 0. The molecule has 1 heterocycles. The molecule has 100 valence electrons. The predicted molar refractivity (Wildman–Crippen MR) is 70.0 cm³/mol. The van der Waals surface area contributed by atoms with Crippen molar-refractivity contribution in [1.82, 2.24) is 10.3 Å². The van der Waals surface area contributed by atoms with E-state index in [0.717, 1.165) is 0 Å². The summed E-state index contributed by atoms with van der Waals surface area (Å²) < 4.78 is 10.1. The molecule has 0 atom stereocenters. The largest absolute Gasteiger partial charge is 0.450 e. The lowest BCUT2D eigenvalue weighted by atomic mass is 10.2. The second-order valence-electron chi connectivity index (χ2n) is 3.89. The number of halogens is 1. The van der Waals surface area contributed by atoms with Gasteiger partial charge in [-0.1, -0.05) is 11.6 Å². The number of nitro groups is 1. The first-order chi connectivity index (χ1) is 9.63. The van der Waals surface area contributed by atoms with Gasteiger partial charge in [0.25, 0.3) is 0 Å². The fourth-order valence-corrected chi connectivity index (χ4v) is 1.84. The molecule has 0 bridgehead atoms. The predicted octanol–water partition coefficient (Wildman–Crippen LogP) is 3.58. The van der Waals surface area contributed by atoms with E-state index in [0.29, 0.717) is 16.8 Å². The lowest BCUT2D eigenvalue weighted by molar-refractivity contribution is -0.385. The van der Waals surface area contributed by atoms with Crippen LogP contribution in [-0.2, 0) is 0 Å². The van der Waals surface area contributed by atoms with Gasteiger partial charge in [-0.2, -0.15) is 0 Å². The Hall–Kier alpha value is -2.67. The van der Waals surface area contributed by atoms with Crippen LogP contribution in [0.2, 0.25) is 5.02 Å². The fourth-order valence-electron chi connectivity index (χ4n) is 1.67. The zero-order valence-corrected chi connectivity index (χ0v) is 10.6. The maximum Gasteiger partial charge on any atom is 0.313 e. The van der Waals surface area contributed by atoms with E-state index in [4.69, 9.17) is 16.3 Å². The van der Waals surface area contributed by atoms with Gasteiger partial charge in [0.05, 0.1) is 4.92 Å². The standard InChI is InChI=1S/C12H6ClN3O4/c13-7-1-4-12(11(5-7)16(17)18)19-8-2-3-9-10(6-8)15-20-14-9/h1-6H. The molecule has 2 aromatic carbocycles. The molecule has 0 aliphatic heterocycles. The Labute approximate surface area is 116 Å². The van der Waals surface area contributed by atoms with Crippen molar-refractivity contribution in [2.24, 2.45) is 0 Å². The van der Waals surface area contributed by atoms with Crippen molar-refractivity contribution in [1.29, 1.82) is 0 Å². The monoisotopic (exact) mass is 291 g/mol. The molecule has 0 fully saturated rings. The minimum absolute atomic E-state index is 0.0928. The van der Waals surface area contributed by atoms with Crippen LogP contribution in [0.25, 0.3) is 11.0 Å². The van der Waals surface area contributed by atoms with Gasteiger partial charge in [0, 0.05) is 17.2 Å². The molecule has 8 heteroatoms. The van der Waals surface area contributed by atoms with Gasteiger partial charge in [-0.05, 0) is 34.6 Å². The van der Waals surface area contributed by atoms with Crippen LogP contribution >= 0.6 is 11.6 Å². The molecule has 3 aromatic rings. The van der Waals surface area contributed by atoms with Crippen molar-refractivity contribution < 1.29 is 14.3 Å². The van der Waals surface area contributed by atoms with Crippen molar-refractivity contribution in [2.45, 2.75) is 0 Å². The third-order valence-corrected chi connectivity index (χ3v) is 2.81. The molecule has 0 amide bonds. The van der Waals surface area contributed by atoms with Gasteiger partial charge in [-0.15, -0.1) is 0 Å². The van der Waals surface area contributed by atoms with E-state index in [1.165, 1.54) is 18.2 Å². The highest BCUT2D eigenvalue weighted by Crippen LogP contribution is 2.34. The Morgan fingerprint density at radius 1 is 1.15 bits per heavy atom. The van der Waals surface area contributed by atoms with Gasteiger partial charge in [-0.25, -0.2) is 4.63 Å². The molecule has 0 unspecified atom stereocenters. The second kappa shape index (κ2) is 4.78. The third-order valence-electron chi connectivity index (χ3n) is 2.57. The van der Waals surface area contributed by atoms with Gasteiger partial charge >= 0.3 is 5.69 Å². The summed E-state index contributed by atoms with van der Waals surface area (Å²) in [6, 6.07) is 9.01. The van der Waals surface area contributed by atoms with Gasteiger partial charge in [-0.3, -0.25) is 10.1 Å². The van der Waals surface area contributed by atoms with E-state index < -0.39 is 4.92 Å². The summed E-state index contributed by atoms with van der Waals surface area (Å²) >= 11 is 5.74. The maximum atomic E-state index is 11.0. The molecule has 0 aliphatic rings. The number of nitro benzene ring substituents is 1. The van der Waals surface area contributed by atoms with E-state index in [9.17, 15) is 10.1 Å². The van der Waals surface area contributed by atoms with Gasteiger partial charge in [0.2, 0.25) is 5.75 Å². The quantitative estimate of drug-likeness (QED) is 0.541. The topological polar surface area (TPSA) is 91.3 Å². The zero-order chi connectivity index (χ0) is 14.1. The van der Waals surface area contributed by atoms with Crippen LogP contribution < -0.4 is 4.74 Å². The van der Waals surface area contributed by atoms with Crippen LogP contribution in [0, 0.1) is 10.1 Å². The van der Waals surface area contributed by atoms with Crippen molar-refractivity contribution in [3.63, 3.8) is 0 Å². The molecule has 0 saturated carbocycles. The number of benzene rings is 2. The van der Waals surface area contributed by atoms with Crippen molar-refractivity contribution >= 4 is 28.3 Å². The van der Waals surface area contributed by atoms with Crippen LogP contribution in [0.3, 0.4) is 0 Å². The van der Waals surface area contributed by atoms with E-state index >= 15 is 0 Å². The van der Waals surface area contributed by atoms with Gasteiger partial charge < -0.3 is 4.74 Å². The molecule has 1 aromatic heterocycles. The first kappa shape index (κ1) is 12.4. The fraction of sp³-hybridized carbons (Fsp3) is 0. The highest BCUT2D eigenvalue weighted by molar-refractivity contribution is 6.30. The average molecular weight is 292 g/mol. The van der Waals surface area contributed by atoms with Crippen LogP contribution in [0.4, 0.5) is 5.69 Å². The molecule has 0 N–H and O–H groups in total. The number of fused-ring (bicyclic) bond motifs is 1. The normalized spacial score (nSPS) is 10.7. The number of nitrogens with zero attached hydrogens (tertiary/aromatic N) is 3. The molecule has 0 aliphatic carbocycles. The lowest BCUT2D eigenvalue weighted by Crippen LogP contribution is -1.93. The molecule has 20 heavy (non-hydrogen) atoms. The Balaban J connectivity index is 1.99. The van der Waals surface area contributed by atoms with Gasteiger partial charge in [0.1, 0.15) is 16.8 Å². The maximum absolute atomic E-state index is 11.0. The van der Waals surface area contributed by atoms with Crippen molar-refractivity contribution in [2.75, 3.05) is 0 Å². The van der Waals surface area contributed by atoms with Crippen LogP contribution in [0.15, 0.2) is 41.0 Å². The highest BCUT2D eigenvalue weighted by atomic mass is 35.5. The van der Waals surface area contributed by atoms with E-state index in [2.05, 4.69) is 14.9 Å². The minimum atomic E-state index is -0.558. The zero-order valence-electron chi connectivity index (χ0n) is 9.82. The van der Waals surface area contributed by atoms with E-state index in [1.807, 2.05) is 0 Å². The van der Waals surface area contributed by atoms with E-state index in [1.54, 1.807) is 18.2 Å². The molecule has 0 spiro atoms. The summed E-state index contributed by atoms with van der Waals surface area (Å²) in [5, 5.41) is 18.6. The smallest absolute Gasteiger partial charge is 0.313 e. The van der Waals surface area contributed by atoms with Crippen molar-refractivity contribution in [3.8, 4) is 11.5 Å². The Morgan fingerprint density at radius 2 is 1.95 bits per heavy atom. The Bertz CT molecular complexity index is 802. The first-order valence-electron chi connectivity index (χ1n) is 5.47.